The van der Waals surface area contributed by atoms with Crippen molar-refractivity contribution in [1.29, 1.82) is 0 Å². The minimum absolute atomic E-state index is 0.0318. The molecule has 1 atom stereocenters. The monoisotopic (exact) mass is 302 g/mol. The molecule has 118 valence electrons. The average Bonchev–Trinajstić information content (AvgIpc) is 2.92. The van der Waals surface area contributed by atoms with Gasteiger partial charge >= 0.3 is 0 Å². The van der Waals surface area contributed by atoms with Crippen molar-refractivity contribution in [1.82, 2.24) is 20.1 Å². The highest BCUT2D eigenvalue weighted by Crippen LogP contribution is 2.24. The Balaban J connectivity index is 1.67. The number of aromatic nitrogens is 1. The maximum Gasteiger partial charge on any atom is 0.237 e. The van der Waals surface area contributed by atoms with Crippen LogP contribution in [0.5, 0.6) is 0 Å². The Bertz CT molecular complexity index is 602. The summed E-state index contributed by atoms with van der Waals surface area (Å²) in [6, 6.07) is 1.70. The van der Waals surface area contributed by atoms with Crippen LogP contribution >= 0.6 is 0 Å². The zero-order chi connectivity index (χ0) is 15.7. The quantitative estimate of drug-likeness (QED) is 0.880. The number of nitrogens with zero attached hydrogens (tertiary/aromatic N) is 3. The molecular formula is C16H22N4O2. The average molecular weight is 302 g/mol. The Morgan fingerprint density at radius 2 is 2.18 bits per heavy atom. The van der Waals surface area contributed by atoms with Crippen LogP contribution in [-0.4, -0.2) is 52.3 Å². The molecule has 1 N–H and O–H groups in total. The Morgan fingerprint density at radius 1 is 1.41 bits per heavy atom. The van der Waals surface area contributed by atoms with E-state index >= 15 is 0 Å². The number of nitrogens with one attached hydrogen (secondary N) is 1. The molecule has 0 aromatic carbocycles. The van der Waals surface area contributed by atoms with E-state index in [1.165, 1.54) is 5.56 Å². The van der Waals surface area contributed by atoms with Crippen molar-refractivity contribution in [2.75, 3.05) is 19.6 Å². The van der Waals surface area contributed by atoms with Gasteiger partial charge in [0.1, 0.15) is 0 Å². The zero-order valence-corrected chi connectivity index (χ0v) is 13.1. The highest BCUT2D eigenvalue weighted by atomic mass is 16.2. The first-order valence-corrected chi connectivity index (χ1v) is 7.82. The SMILES string of the molecule is CCN1CCNC(=O)C1CC(=O)N1Cc2cnc(C)cc2C1. The summed E-state index contributed by atoms with van der Waals surface area (Å²) in [6.45, 7) is 7.46. The Hall–Kier alpha value is -1.95. The molecule has 2 aliphatic rings. The van der Waals surface area contributed by atoms with E-state index in [9.17, 15) is 9.59 Å². The number of pyridine rings is 1. The first-order chi connectivity index (χ1) is 10.6. The van der Waals surface area contributed by atoms with Gasteiger partial charge in [0.2, 0.25) is 11.8 Å². The molecule has 1 aromatic rings. The fraction of sp³-hybridized carbons (Fsp3) is 0.562. The van der Waals surface area contributed by atoms with Gasteiger partial charge in [-0.1, -0.05) is 6.92 Å². The summed E-state index contributed by atoms with van der Waals surface area (Å²) in [6.07, 6.45) is 2.10. The predicted molar refractivity (Wildman–Crippen MR) is 81.9 cm³/mol. The lowest BCUT2D eigenvalue weighted by molar-refractivity contribution is -0.139. The molecule has 1 fully saturated rings. The van der Waals surface area contributed by atoms with E-state index < -0.39 is 0 Å². The number of likely N-dealkylation sites (N-methyl/N-ethyl adjacent to an activating group) is 1. The van der Waals surface area contributed by atoms with Crippen molar-refractivity contribution in [3.05, 3.63) is 29.1 Å². The van der Waals surface area contributed by atoms with E-state index in [1.807, 2.05) is 31.0 Å². The van der Waals surface area contributed by atoms with Crippen LogP contribution in [0.2, 0.25) is 0 Å². The number of piperazine rings is 1. The van der Waals surface area contributed by atoms with Gasteiger partial charge < -0.3 is 10.2 Å². The summed E-state index contributed by atoms with van der Waals surface area (Å²) in [5.74, 6) is 0.00465. The molecule has 1 unspecified atom stereocenters. The first-order valence-electron chi connectivity index (χ1n) is 7.82. The lowest BCUT2D eigenvalue weighted by Crippen LogP contribution is -2.56. The van der Waals surface area contributed by atoms with Crippen molar-refractivity contribution in [2.45, 2.75) is 39.4 Å². The van der Waals surface area contributed by atoms with Gasteiger partial charge in [0.25, 0.3) is 0 Å². The summed E-state index contributed by atoms with van der Waals surface area (Å²) in [5.41, 5.74) is 3.25. The van der Waals surface area contributed by atoms with E-state index in [2.05, 4.69) is 15.2 Å². The van der Waals surface area contributed by atoms with E-state index in [0.717, 1.165) is 24.3 Å². The molecule has 0 radical (unpaired) electrons. The molecule has 3 rings (SSSR count). The van der Waals surface area contributed by atoms with Gasteiger partial charge in [-0.3, -0.25) is 19.5 Å². The minimum atomic E-state index is -0.338. The van der Waals surface area contributed by atoms with Crippen molar-refractivity contribution < 1.29 is 9.59 Å². The molecule has 2 amide bonds. The molecule has 22 heavy (non-hydrogen) atoms. The van der Waals surface area contributed by atoms with Crippen molar-refractivity contribution in [3.63, 3.8) is 0 Å². The topological polar surface area (TPSA) is 65.5 Å². The summed E-state index contributed by atoms with van der Waals surface area (Å²) >= 11 is 0. The Labute approximate surface area is 130 Å². The molecule has 6 nitrogen and oxygen atoms in total. The van der Waals surface area contributed by atoms with Crippen LogP contribution in [0.1, 0.15) is 30.2 Å². The standard InChI is InChI=1S/C16H22N4O2/c1-3-19-5-4-17-16(22)14(19)7-15(21)20-9-12-6-11(2)18-8-13(12)10-20/h6,8,14H,3-5,7,9-10H2,1-2H3,(H,17,22). The third kappa shape index (κ3) is 2.83. The lowest BCUT2D eigenvalue weighted by atomic mass is 10.1. The normalized spacial score (nSPS) is 21.6. The maximum atomic E-state index is 12.6. The fourth-order valence-electron chi connectivity index (χ4n) is 3.23. The van der Waals surface area contributed by atoms with Crippen LogP contribution in [0.3, 0.4) is 0 Å². The van der Waals surface area contributed by atoms with Gasteiger partial charge in [-0.25, -0.2) is 0 Å². The third-order valence-electron chi connectivity index (χ3n) is 4.51. The highest BCUT2D eigenvalue weighted by Gasteiger charge is 2.33. The van der Waals surface area contributed by atoms with Crippen LogP contribution in [0.25, 0.3) is 0 Å². The highest BCUT2D eigenvalue weighted by molar-refractivity contribution is 5.89. The molecule has 0 bridgehead atoms. The molecule has 3 heterocycles. The Morgan fingerprint density at radius 3 is 2.95 bits per heavy atom. The van der Waals surface area contributed by atoms with Gasteiger partial charge in [-0.15, -0.1) is 0 Å². The number of rotatable bonds is 3. The molecule has 1 saturated heterocycles. The number of aryl methyl sites for hydroxylation is 1. The third-order valence-corrected chi connectivity index (χ3v) is 4.51. The van der Waals surface area contributed by atoms with Crippen LogP contribution in [-0.2, 0) is 22.7 Å². The summed E-state index contributed by atoms with van der Waals surface area (Å²) in [4.78, 5) is 32.8. The first kappa shape index (κ1) is 15.0. The van der Waals surface area contributed by atoms with Gasteiger partial charge in [-0.05, 0) is 30.7 Å². The largest absolute Gasteiger partial charge is 0.353 e. The summed E-state index contributed by atoms with van der Waals surface area (Å²) in [5, 5.41) is 2.86. The van der Waals surface area contributed by atoms with Gasteiger partial charge in [0, 0.05) is 38.1 Å². The maximum absolute atomic E-state index is 12.6. The number of amides is 2. The number of hydrogen-bond acceptors (Lipinski definition) is 4. The molecular weight excluding hydrogens is 280 g/mol. The number of carbonyl (C=O) groups excluding carboxylic acids is 2. The van der Waals surface area contributed by atoms with Gasteiger partial charge in [0.05, 0.1) is 12.5 Å². The summed E-state index contributed by atoms with van der Waals surface area (Å²) < 4.78 is 0. The van der Waals surface area contributed by atoms with Gasteiger partial charge in [-0.2, -0.15) is 0 Å². The van der Waals surface area contributed by atoms with Crippen molar-refractivity contribution >= 4 is 11.8 Å². The van der Waals surface area contributed by atoms with Crippen LogP contribution < -0.4 is 5.32 Å². The molecule has 0 spiro atoms. The van der Waals surface area contributed by atoms with Crippen molar-refractivity contribution in [2.24, 2.45) is 0 Å². The minimum Gasteiger partial charge on any atom is -0.353 e. The molecule has 2 aliphatic heterocycles. The zero-order valence-electron chi connectivity index (χ0n) is 13.1. The summed E-state index contributed by atoms with van der Waals surface area (Å²) in [7, 11) is 0. The van der Waals surface area contributed by atoms with E-state index in [4.69, 9.17) is 0 Å². The van der Waals surface area contributed by atoms with E-state index in [-0.39, 0.29) is 24.3 Å². The predicted octanol–water partition coefficient (Wildman–Crippen LogP) is 0.443. The molecule has 1 aromatic heterocycles. The van der Waals surface area contributed by atoms with E-state index in [1.54, 1.807) is 0 Å². The number of carbonyl (C=O) groups is 2. The smallest absolute Gasteiger partial charge is 0.237 e. The second kappa shape index (κ2) is 6.04. The molecule has 6 heteroatoms. The Kier molecular flexibility index (Phi) is 4.11. The van der Waals surface area contributed by atoms with Crippen LogP contribution in [0.15, 0.2) is 12.3 Å². The fourth-order valence-corrected chi connectivity index (χ4v) is 3.23. The van der Waals surface area contributed by atoms with Crippen LogP contribution in [0, 0.1) is 6.92 Å². The second-order valence-electron chi connectivity index (χ2n) is 5.98. The number of hydrogen-bond donors (Lipinski definition) is 1. The number of fused-ring (bicyclic) bond motifs is 1. The molecule has 0 saturated carbocycles. The van der Waals surface area contributed by atoms with Crippen LogP contribution in [0.4, 0.5) is 0 Å². The lowest BCUT2D eigenvalue weighted by Gasteiger charge is -2.34. The second-order valence-corrected chi connectivity index (χ2v) is 5.98. The van der Waals surface area contributed by atoms with Gasteiger partial charge in [0.15, 0.2) is 0 Å². The van der Waals surface area contributed by atoms with E-state index in [0.29, 0.717) is 19.6 Å². The molecule has 0 aliphatic carbocycles. The van der Waals surface area contributed by atoms with Crippen molar-refractivity contribution in [3.8, 4) is 0 Å².